The maximum atomic E-state index is 14.6. The van der Waals surface area contributed by atoms with Crippen molar-refractivity contribution < 1.29 is 27.3 Å². The van der Waals surface area contributed by atoms with E-state index in [-0.39, 0.29) is 36.2 Å². The minimum atomic E-state index is -0.913. The molecule has 2 aliphatic heterocycles. The third-order valence-corrected chi connectivity index (χ3v) is 6.01. The molecule has 0 aromatic heterocycles. The number of hydrogen-bond donors (Lipinski definition) is 1. The zero-order valence-corrected chi connectivity index (χ0v) is 15.1. The molecule has 2 saturated heterocycles. The molecule has 0 spiro atoms. The molecule has 9 heteroatoms. The van der Waals surface area contributed by atoms with Crippen molar-refractivity contribution in [2.75, 3.05) is 29.5 Å². The summed E-state index contributed by atoms with van der Waals surface area (Å²) in [5.41, 5.74) is 0.0753. The van der Waals surface area contributed by atoms with E-state index in [0.29, 0.717) is 24.3 Å². The van der Waals surface area contributed by atoms with Crippen LogP contribution < -0.4 is 10.2 Å². The summed E-state index contributed by atoms with van der Waals surface area (Å²) in [5, 5.41) is 2.54. The normalized spacial score (nSPS) is 25.9. The number of carbonyl (C=O) groups is 2. The highest BCUT2D eigenvalue weighted by molar-refractivity contribution is 7.85. The van der Waals surface area contributed by atoms with E-state index in [1.54, 1.807) is 0 Å². The zero-order valence-electron chi connectivity index (χ0n) is 14.3. The molecule has 2 amide bonds. The van der Waals surface area contributed by atoms with Gasteiger partial charge in [0.15, 0.2) is 0 Å². The summed E-state index contributed by atoms with van der Waals surface area (Å²) in [6.45, 7) is 1.58. The van der Waals surface area contributed by atoms with Gasteiger partial charge in [-0.3, -0.25) is 13.9 Å². The lowest BCUT2D eigenvalue weighted by atomic mass is 9.92. The Morgan fingerprint density at radius 3 is 2.50 bits per heavy atom. The van der Waals surface area contributed by atoms with Crippen LogP contribution in [-0.4, -0.2) is 46.9 Å². The van der Waals surface area contributed by atoms with Crippen molar-refractivity contribution >= 4 is 28.5 Å². The van der Waals surface area contributed by atoms with Crippen LogP contribution >= 0.6 is 0 Å². The summed E-state index contributed by atoms with van der Waals surface area (Å²) < 4.78 is 45.7. The summed E-state index contributed by atoms with van der Waals surface area (Å²) >= 11 is 0. The van der Waals surface area contributed by atoms with Gasteiger partial charge in [0.05, 0.1) is 18.8 Å². The molecule has 6 nitrogen and oxygen atoms in total. The number of cyclic esters (lactones) is 1. The first-order chi connectivity index (χ1) is 12.3. The standard InChI is InChI=1S/C17H20F2N2O4S/c1-10(22)20-8-13-9-21(17(23)25-13)12-6-14(18)16(15(19)7-12)11-2-4-26(24)5-3-11/h6-7,11,13H,2-5,8-9H2,1H3,(H,20,22). The van der Waals surface area contributed by atoms with E-state index in [1.807, 2.05) is 0 Å². The first-order valence-electron chi connectivity index (χ1n) is 8.41. The van der Waals surface area contributed by atoms with Crippen LogP contribution in [0.3, 0.4) is 0 Å². The second-order valence-corrected chi connectivity index (χ2v) is 8.20. The number of rotatable bonds is 4. The molecule has 1 aromatic carbocycles. The molecule has 0 bridgehead atoms. The predicted octanol–water partition coefficient (Wildman–Crippen LogP) is 2.05. The minimum Gasteiger partial charge on any atom is -0.442 e. The lowest BCUT2D eigenvalue weighted by Crippen LogP contribution is -2.33. The van der Waals surface area contributed by atoms with Gasteiger partial charge in [-0.1, -0.05) is 0 Å². The quantitative estimate of drug-likeness (QED) is 0.859. The molecular weight excluding hydrogens is 366 g/mol. The van der Waals surface area contributed by atoms with Crippen LogP contribution in [0, 0.1) is 11.6 Å². The van der Waals surface area contributed by atoms with Crippen molar-refractivity contribution in [2.24, 2.45) is 0 Å². The Kier molecular flexibility index (Phi) is 5.55. The predicted molar refractivity (Wildman–Crippen MR) is 92.5 cm³/mol. The molecule has 3 rings (SSSR count). The van der Waals surface area contributed by atoms with Gasteiger partial charge >= 0.3 is 6.09 Å². The third-order valence-electron chi connectivity index (χ3n) is 4.62. The fraction of sp³-hybridized carbons (Fsp3) is 0.529. The maximum absolute atomic E-state index is 14.6. The van der Waals surface area contributed by atoms with E-state index >= 15 is 0 Å². The van der Waals surface area contributed by atoms with Crippen molar-refractivity contribution in [1.29, 1.82) is 0 Å². The third kappa shape index (κ3) is 4.03. The van der Waals surface area contributed by atoms with Crippen LogP contribution in [0.4, 0.5) is 19.3 Å². The van der Waals surface area contributed by atoms with Gasteiger partial charge in [-0.25, -0.2) is 13.6 Å². The SMILES string of the molecule is CC(=O)NCC1CN(c2cc(F)c(C3CCS(=O)CC3)c(F)c2)C(=O)O1. The molecule has 1 N–H and O–H groups in total. The summed E-state index contributed by atoms with van der Waals surface area (Å²) in [6, 6.07) is 2.26. The zero-order chi connectivity index (χ0) is 18.8. The minimum absolute atomic E-state index is 0.00666. The van der Waals surface area contributed by atoms with Crippen molar-refractivity contribution in [1.82, 2.24) is 5.32 Å². The Bertz CT molecular complexity index is 725. The Labute approximate surface area is 152 Å². The molecule has 1 aromatic rings. The van der Waals surface area contributed by atoms with Crippen LogP contribution in [0.2, 0.25) is 0 Å². The first-order valence-corrected chi connectivity index (χ1v) is 9.90. The van der Waals surface area contributed by atoms with E-state index in [1.165, 1.54) is 6.92 Å². The molecule has 0 aliphatic carbocycles. The Balaban J connectivity index is 1.76. The van der Waals surface area contributed by atoms with E-state index in [0.717, 1.165) is 17.0 Å². The number of nitrogens with zero attached hydrogens (tertiary/aromatic N) is 1. The largest absolute Gasteiger partial charge is 0.442 e. The Morgan fingerprint density at radius 2 is 1.92 bits per heavy atom. The van der Waals surface area contributed by atoms with Crippen LogP contribution in [0.1, 0.15) is 31.2 Å². The molecule has 0 saturated carbocycles. The fourth-order valence-electron chi connectivity index (χ4n) is 3.30. The molecule has 2 heterocycles. The summed E-state index contributed by atoms with van der Waals surface area (Å²) in [7, 11) is -0.913. The van der Waals surface area contributed by atoms with Gasteiger partial charge < -0.3 is 10.1 Å². The molecule has 1 unspecified atom stereocenters. The van der Waals surface area contributed by atoms with Gasteiger partial charge in [0.25, 0.3) is 0 Å². The molecule has 2 fully saturated rings. The fourth-order valence-corrected chi connectivity index (χ4v) is 4.59. The summed E-state index contributed by atoms with van der Waals surface area (Å²) in [5.74, 6) is -1.11. The Morgan fingerprint density at radius 1 is 1.31 bits per heavy atom. The number of carbonyl (C=O) groups excluding carboxylic acids is 2. The van der Waals surface area contributed by atoms with E-state index in [2.05, 4.69) is 5.32 Å². The number of halogens is 2. The highest BCUT2D eigenvalue weighted by atomic mass is 32.2. The van der Waals surface area contributed by atoms with Gasteiger partial charge in [-0.05, 0) is 30.9 Å². The van der Waals surface area contributed by atoms with E-state index in [9.17, 15) is 22.6 Å². The second-order valence-electron chi connectivity index (χ2n) is 6.50. The van der Waals surface area contributed by atoms with Crippen molar-refractivity contribution in [3.63, 3.8) is 0 Å². The van der Waals surface area contributed by atoms with Gasteiger partial charge in [0.2, 0.25) is 5.91 Å². The number of hydrogen-bond acceptors (Lipinski definition) is 4. The second kappa shape index (κ2) is 7.69. The molecule has 0 radical (unpaired) electrons. The number of ether oxygens (including phenoxy) is 1. The smallest absolute Gasteiger partial charge is 0.414 e. The summed E-state index contributed by atoms with van der Waals surface area (Å²) in [6.07, 6.45) is -0.334. The topological polar surface area (TPSA) is 75.7 Å². The van der Waals surface area contributed by atoms with E-state index in [4.69, 9.17) is 4.74 Å². The number of anilines is 1. The number of amides is 2. The van der Waals surface area contributed by atoms with Crippen molar-refractivity contribution in [3.05, 3.63) is 29.3 Å². The van der Waals surface area contributed by atoms with Gasteiger partial charge in [-0.15, -0.1) is 0 Å². The molecule has 1 atom stereocenters. The van der Waals surface area contributed by atoms with Crippen molar-refractivity contribution in [2.45, 2.75) is 31.8 Å². The number of benzene rings is 1. The van der Waals surface area contributed by atoms with Crippen LogP contribution in [0.15, 0.2) is 12.1 Å². The average Bonchev–Trinajstić information content (AvgIpc) is 2.95. The van der Waals surface area contributed by atoms with Gasteiger partial charge in [-0.2, -0.15) is 0 Å². The van der Waals surface area contributed by atoms with Gasteiger partial charge in [0, 0.05) is 34.8 Å². The Hall–Kier alpha value is -2.03. The van der Waals surface area contributed by atoms with Crippen molar-refractivity contribution in [3.8, 4) is 0 Å². The van der Waals surface area contributed by atoms with Gasteiger partial charge in [0.1, 0.15) is 17.7 Å². The highest BCUT2D eigenvalue weighted by Crippen LogP contribution is 2.34. The summed E-state index contributed by atoms with van der Waals surface area (Å²) in [4.78, 5) is 24.1. The van der Waals surface area contributed by atoms with Crippen LogP contribution in [0.5, 0.6) is 0 Å². The lowest BCUT2D eigenvalue weighted by Gasteiger charge is -2.23. The molecule has 26 heavy (non-hydrogen) atoms. The molecular formula is C17H20F2N2O4S. The first kappa shape index (κ1) is 18.8. The van der Waals surface area contributed by atoms with E-state index < -0.39 is 34.6 Å². The van der Waals surface area contributed by atoms with Crippen LogP contribution in [-0.2, 0) is 20.3 Å². The average molecular weight is 386 g/mol. The highest BCUT2D eigenvalue weighted by Gasteiger charge is 2.34. The maximum Gasteiger partial charge on any atom is 0.414 e. The molecule has 142 valence electrons. The number of nitrogens with one attached hydrogen (secondary N) is 1. The lowest BCUT2D eigenvalue weighted by molar-refractivity contribution is -0.119. The molecule has 2 aliphatic rings. The monoisotopic (exact) mass is 386 g/mol. The van der Waals surface area contributed by atoms with Crippen LogP contribution in [0.25, 0.3) is 0 Å².